The lowest BCUT2D eigenvalue weighted by Crippen LogP contribution is -2.09. The molecule has 0 saturated carbocycles. The monoisotopic (exact) mass is 332 g/mol. The molecule has 1 aromatic heterocycles. The lowest BCUT2D eigenvalue weighted by molar-refractivity contribution is -0.159. The molecule has 0 saturated heterocycles. The van der Waals surface area contributed by atoms with E-state index in [0.717, 1.165) is 0 Å². The third kappa shape index (κ3) is 9.01. The summed E-state index contributed by atoms with van der Waals surface area (Å²) in [5.41, 5.74) is 0. The summed E-state index contributed by atoms with van der Waals surface area (Å²) in [6, 6.07) is 10.5. The Morgan fingerprint density at radius 1 is 0.727 bits per heavy atom. The van der Waals surface area contributed by atoms with E-state index in [1.807, 2.05) is 0 Å². The molecule has 0 bridgehead atoms. The van der Waals surface area contributed by atoms with Crippen LogP contribution >= 0.6 is 11.3 Å². The van der Waals surface area contributed by atoms with Crippen molar-refractivity contribution in [3.63, 3.8) is 0 Å². The number of hydrogen-bond acceptors (Lipinski definition) is 5. The minimum absolute atomic E-state index is 0. The second kappa shape index (κ2) is 10.8. The summed E-state index contributed by atoms with van der Waals surface area (Å²) in [7, 11) is 0. The maximum absolute atomic E-state index is 9.10. The largest absolute Gasteiger partial charge is 0.473 e. The van der Waals surface area contributed by atoms with Gasteiger partial charge in [-0.3, -0.25) is 0 Å². The van der Waals surface area contributed by atoms with E-state index in [-0.39, 0.29) is 5.48 Å². The van der Waals surface area contributed by atoms with Gasteiger partial charge in [0.15, 0.2) is 0 Å². The molecule has 0 fully saturated rings. The van der Waals surface area contributed by atoms with Crippen molar-refractivity contribution in [1.82, 2.24) is 0 Å². The summed E-state index contributed by atoms with van der Waals surface area (Å²) >= 11 is 1.79. The third-order valence-corrected chi connectivity index (χ3v) is 2.63. The Labute approximate surface area is 127 Å². The number of fused-ring (bicyclic) bond motifs is 1. The second-order valence-electron chi connectivity index (χ2n) is 3.18. The number of hydrogen-bond donors (Lipinski definition) is 4. The van der Waals surface area contributed by atoms with Gasteiger partial charge in [0.2, 0.25) is 0 Å². The van der Waals surface area contributed by atoms with Crippen LogP contribution in [0.25, 0.3) is 10.1 Å². The SMILES string of the molecule is O.O=C(O)C(=O)O.O=C(O)C(=O)O.c1ccc2sccc2c1. The molecule has 0 atom stereocenters. The molecule has 120 valence electrons. The summed E-state index contributed by atoms with van der Waals surface area (Å²) in [6.45, 7) is 0. The van der Waals surface area contributed by atoms with Gasteiger partial charge >= 0.3 is 23.9 Å². The molecule has 0 aliphatic heterocycles. The number of thiophene rings is 1. The number of carboxylic acids is 4. The fourth-order valence-corrected chi connectivity index (χ4v) is 1.70. The molecule has 0 spiro atoms. The van der Waals surface area contributed by atoms with Crippen molar-refractivity contribution in [2.45, 2.75) is 0 Å². The molecule has 0 amide bonds. The predicted molar refractivity (Wildman–Crippen MR) is 76.0 cm³/mol. The van der Waals surface area contributed by atoms with Crippen LogP contribution in [0.2, 0.25) is 0 Å². The molecule has 0 unspecified atom stereocenters. The summed E-state index contributed by atoms with van der Waals surface area (Å²) in [6.07, 6.45) is 0. The summed E-state index contributed by atoms with van der Waals surface area (Å²) < 4.78 is 1.37. The molecular formula is C12H12O9S. The van der Waals surface area contributed by atoms with Gasteiger partial charge in [-0.15, -0.1) is 11.3 Å². The summed E-state index contributed by atoms with van der Waals surface area (Å²) in [5.74, 6) is -7.30. The van der Waals surface area contributed by atoms with Gasteiger partial charge in [-0.1, -0.05) is 18.2 Å². The molecule has 6 N–H and O–H groups in total. The van der Waals surface area contributed by atoms with E-state index in [0.29, 0.717) is 0 Å². The first-order valence-corrected chi connectivity index (χ1v) is 5.98. The van der Waals surface area contributed by atoms with Crippen LogP contribution < -0.4 is 0 Å². The highest BCUT2D eigenvalue weighted by atomic mass is 32.1. The van der Waals surface area contributed by atoms with E-state index in [1.165, 1.54) is 10.1 Å². The van der Waals surface area contributed by atoms with Crippen LogP contribution in [0.1, 0.15) is 0 Å². The van der Waals surface area contributed by atoms with Crippen molar-refractivity contribution in [1.29, 1.82) is 0 Å². The van der Waals surface area contributed by atoms with Crippen LogP contribution in [0, 0.1) is 0 Å². The highest BCUT2D eigenvalue weighted by molar-refractivity contribution is 7.17. The van der Waals surface area contributed by atoms with Crippen LogP contribution in [0.5, 0.6) is 0 Å². The van der Waals surface area contributed by atoms with Crippen molar-refractivity contribution < 1.29 is 45.1 Å². The Kier molecular flexibility index (Phi) is 10.4. The van der Waals surface area contributed by atoms with Crippen LogP contribution in [0.3, 0.4) is 0 Å². The highest BCUT2D eigenvalue weighted by Gasteiger charge is 2.04. The van der Waals surface area contributed by atoms with E-state index >= 15 is 0 Å². The zero-order chi connectivity index (χ0) is 16.4. The van der Waals surface area contributed by atoms with Gasteiger partial charge in [0.25, 0.3) is 0 Å². The molecule has 10 heteroatoms. The van der Waals surface area contributed by atoms with Gasteiger partial charge in [0.05, 0.1) is 0 Å². The number of carbonyl (C=O) groups is 4. The van der Waals surface area contributed by atoms with E-state index in [1.54, 1.807) is 11.3 Å². The minimum atomic E-state index is -1.82. The Morgan fingerprint density at radius 3 is 1.50 bits per heavy atom. The number of carboxylic acid groups (broad SMARTS) is 4. The molecule has 0 aliphatic carbocycles. The summed E-state index contributed by atoms with van der Waals surface area (Å²) in [5, 5.41) is 33.0. The van der Waals surface area contributed by atoms with Crippen molar-refractivity contribution in [2.75, 3.05) is 0 Å². The second-order valence-corrected chi connectivity index (χ2v) is 4.13. The first kappa shape index (κ1) is 21.3. The first-order chi connectivity index (χ1) is 9.75. The van der Waals surface area contributed by atoms with Gasteiger partial charge in [-0.2, -0.15) is 0 Å². The Hall–Kier alpha value is -2.98. The van der Waals surface area contributed by atoms with Gasteiger partial charge in [-0.05, 0) is 22.9 Å². The zero-order valence-electron chi connectivity index (χ0n) is 10.8. The van der Waals surface area contributed by atoms with Crippen molar-refractivity contribution in [3.8, 4) is 0 Å². The smallest absolute Gasteiger partial charge is 0.414 e. The Bertz CT molecular complexity index is 569. The van der Waals surface area contributed by atoms with E-state index in [4.69, 9.17) is 39.6 Å². The molecule has 0 aliphatic rings. The molecule has 2 aromatic rings. The molecular weight excluding hydrogens is 320 g/mol. The van der Waals surface area contributed by atoms with E-state index in [9.17, 15) is 0 Å². The fourth-order valence-electron chi connectivity index (χ4n) is 0.906. The van der Waals surface area contributed by atoms with Crippen LogP contribution in [-0.4, -0.2) is 49.8 Å². The normalized spacial score (nSPS) is 8.18. The molecule has 1 aromatic carbocycles. The standard InChI is InChI=1S/C8H6S.2C2H2O4.H2O/c1-2-4-8-7(3-1)5-6-9-8;2*3-1(4)2(5)6;/h1-6H;2*(H,3,4)(H,5,6);1H2. The van der Waals surface area contributed by atoms with Crippen LogP contribution in [-0.2, 0) is 19.2 Å². The summed E-state index contributed by atoms with van der Waals surface area (Å²) in [4.78, 5) is 36.4. The number of aliphatic carboxylic acids is 4. The Balaban J connectivity index is 0. The number of benzene rings is 1. The lowest BCUT2D eigenvalue weighted by atomic mass is 10.3. The number of rotatable bonds is 0. The first-order valence-electron chi connectivity index (χ1n) is 5.10. The zero-order valence-corrected chi connectivity index (χ0v) is 11.6. The fraction of sp³-hybridized carbons (Fsp3) is 0. The van der Waals surface area contributed by atoms with Gasteiger partial charge in [0, 0.05) is 4.70 Å². The van der Waals surface area contributed by atoms with Crippen LogP contribution in [0.4, 0.5) is 0 Å². The minimum Gasteiger partial charge on any atom is -0.473 e. The van der Waals surface area contributed by atoms with Gasteiger partial charge < -0.3 is 25.9 Å². The average Bonchev–Trinajstić information content (AvgIpc) is 2.88. The molecule has 1 heterocycles. The van der Waals surface area contributed by atoms with Crippen molar-refractivity contribution in [2.24, 2.45) is 0 Å². The van der Waals surface area contributed by atoms with E-state index < -0.39 is 23.9 Å². The van der Waals surface area contributed by atoms with Crippen LogP contribution in [0.15, 0.2) is 35.7 Å². The quantitative estimate of drug-likeness (QED) is 0.499. The maximum Gasteiger partial charge on any atom is 0.414 e. The molecule has 2 rings (SSSR count). The van der Waals surface area contributed by atoms with Gasteiger partial charge in [0.1, 0.15) is 0 Å². The lowest BCUT2D eigenvalue weighted by Gasteiger charge is -1.82. The molecule has 22 heavy (non-hydrogen) atoms. The predicted octanol–water partition coefficient (Wildman–Crippen LogP) is 0.388. The van der Waals surface area contributed by atoms with Crippen molar-refractivity contribution >= 4 is 45.3 Å². The molecule has 0 radical (unpaired) electrons. The highest BCUT2D eigenvalue weighted by Crippen LogP contribution is 2.18. The molecule has 9 nitrogen and oxygen atoms in total. The Morgan fingerprint density at radius 2 is 1.14 bits per heavy atom. The van der Waals surface area contributed by atoms with E-state index in [2.05, 4.69) is 35.7 Å². The average molecular weight is 332 g/mol. The third-order valence-electron chi connectivity index (χ3n) is 1.73. The topological polar surface area (TPSA) is 181 Å². The van der Waals surface area contributed by atoms with Gasteiger partial charge in [-0.25, -0.2) is 19.2 Å². The maximum atomic E-state index is 9.10. The van der Waals surface area contributed by atoms with Crippen molar-refractivity contribution in [3.05, 3.63) is 35.7 Å².